The average Bonchev–Trinajstić information content (AvgIpc) is 3.21. The summed E-state index contributed by atoms with van der Waals surface area (Å²) in [6.45, 7) is 3.15. The molecule has 0 bridgehead atoms. The van der Waals surface area contributed by atoms with Crippen molar-refractivity contribution in [3.8, 4) is 5.75 Å². The van der Waals surface area contributed by atoms with E-state index in [4.69, 9.17) is 24.4 Å². The number of halogens is 3. The van der Waals surface area contributed by atoms with Crippen molar-refractivity contribution >= 4 is 17.6 Å². The Kier molecular flexibility index (Phi) is 7.99. The molecular formula is C22H26F3N5O6. The topological polar surface area (TPSA) is 131 Å². The van der Waals surface area contributed by atoms with E-state index in [9.17, 15) is 23.3 Å². The van der Waals surface area contributed by atoms with E-state index in [2.05, 4.69) is 9.88 Å². The van der Waals surface area contributed by atoms with Crippen molar-refractivity contribution < 1.29 is 37.5 Å². The fourth-order valence-electron chi connectivity index (χ4n) is 4.31. The van der Waals surface area contributed by atoms with E-state index in [0.29, 0.717) is 31.3 Å². The fourth-order valence-corrected chi connectivity index (χ4v) is 4.31. The molecule has 2 aliphatic rings. The number of aromatic nitrogens is 2. The third-order valence-electron chi connectivity index (χ3n) is 5.94. The summed E-state index contributed by atoms with van der Waals surface area (Å²) in [6, 6.07) is 5.21. The molecular weight excluding hydrogens is 487 g/mol. The van der Waals surface area contributed by atoms with Crippen molar-refractivity contribution in [1.82, 2.24) is 14.9 Å². The van der Waals surface area contributed by atoms with Crippen molar-refractivity contribution in [3.05, 3.63) is 51.3 Å². The van der Waals surface area contributed by atoms with Gasteiger partial charge in [-0.2, -0.15) is 13.2 Å². The molecule has 1 fully saturated rings. The Labute approximate surface area is 204 Å². The van der Waals surface area contributed by atoms with E-state index < -0.39 is 12.1 Å². The first kappa shape index (κ1) is 27.1. The van der Waals surface area contributed by atoms with E-state index in [1.54, 1.807) is 18.2 Å². The molecule has 14 heteroatoms. The molecule has 1 aromatic heterocycles. The maximum Gasteiger partial charge on any atom is 0.490 e. The summed E-state index contributed by atoms with van der Waals surface area (Å²) in [6.07, 6.45) is -2.34. The Morgan fingerprint density at radius 1 is 1.39 bits per heavy atom. The number of anilines is 1. The molecule has 1 spiro atoms. The number of carbonyl (C=O) groups is 1. The Bertz CT molecular complexity index is 1130. The fraction of sp³-hybridized carbons (Fsp3) is 0.500. The molecule has 2 aliphatic heterocycles. The zero-order valence-corrected chi connectivity index (χ0v) is 19.9. The normalized spacial score (nSPS) is 19.3. The quantitative estimate of drug-likeness (QED) is 0.470. The van der Waals surface area contributed by atoms with Crippen molar-refractivity contribution in [2.75, 3.05) is 45.8 Å². The van der Waals surface area contributed by atoms with Crippen LogP contribution in [0.3, 0.4) is 0 Å². The molecule has 36 heavy (non-hydrogen) atoms. The van der Waals surface area contributed by atoms with Crippen LogP contribution in [0.25, 0.3) is 0 Å². The Balaban J connectivity index is 0.000000454. The molecule has 1 saturated heterocycles. The molecule has 2 aromatic rings. The standard InChI is InChI=1S/C20H25N5O4.C2HF3O2/c1-23(2)19-21-9-15-11-29-13-20(18(15)22-19)7-8-24(12-20)10-14-5-4-6-16(28-3)17(14)25(26)27;3-2(4,5)1(6)7/h4-6,9H,7-8,10-13H2,1-3H3;(H,6,7). The predicted octanol–water partition coefficient (Wildman–Crippen LogP) is 2.77. The van der Waals surface area contributed by atoms with Crippen molar-refractivity contribution in [2.45, 2.75) is 31.2 Å². The van der Waals surface area contributed by atoms with Crippen LogP contribution in [0.2, 0.25) is 0 Å². The zero-order valence-electron chi connectivity index (χ0n) is 19.9. The second kappa shape index (κ2) is 10.6. The van der Waals surface area contributed by atoms with E-state index in [1.165, 1.54) is 7.11 Å². The highest BCUT2D eigenvalue weighted by Gasteiger charge is 2.45. The van der Waals surface area contributed by atoms with Gasteiger partial charge in [-0.15, -0.1) is 0 Å². The number of alkyl halides is 3. The number of carboxylic acids is 1. The Morgan fingerprint density at radius 3 is 2.67 bits per heavy atom. The number of nitro benzene ring substituents is 1. The lowest BCUT2D eigenvalue weighted by Gasteiger charge is -2.34. The first-order valence-corrected chi connectivity index (χ1v) is 10.8. The molecule has 11 nitrogen and oxygen atoms in total. The molecule has 4 rings (SSSR count). The summed E-state index contributed by atoms with van der Waals surface area (Å²) in [5.41, 5.74) is 2.55. The highest BCUT2D eigenvalue weighted by molar-refractivity contribution is 5.73. The minimum absolute atomic E-state index is 0.0356. The first-order valence-electron chi connectivity index (χ1n) is 10.8. The van der Waals surface area contributed by atoms with Crippen LogP contribution in [0.1, 0.15) is 23.2 Å². The number of fused-ring (bicyclic) bond motifs is 2. The van der Waals surface area contributed by atoms with Gasteiger partial charge < -0.3 is 19.5 Å². The minimum atomic E-state index is -5.08. The number of carboxylic acid groups (broad SMARTS) is 1. The lowest BCUT2D eigenvalue weighted by atomic mass is 9.80. The van der Waals surface area contributed by atoms with Crippen LogP contribution in [-0.2, 0) is 28.1 Å². The average molecular weight is 513 g/mol. The number of aliphatic carboxylic acids is 1. The lowest BCUT2D eigenvalue weighted by Crippen LogP contribution is -2.40. The molecule has 0 aliphatic carbocycles. The summed E-state index contributed by atoms with van der Waals surface area (Å²) in [5, 5.41) is 18.7. The van der Waals surface area contributed by atoms with Gasteiger partial charge in [0.1, 0.15) is 0 Å². The molecule has 0 saturated carbocycles. The number of likely N-dealkylation sites (tertiary alicyclic amines) is 1. The molecule has 196 valence electrons. The highest BCUT2D eigenvalue weighted by atomic mass is 19.4. The van der Waals surface area contributed by atoms with Gasteiger partial charge in [-0.25, -0.2) is 14.8 Å². The predicted molar refractivity (Wildman–Crippen MR) is 121 cm³/mol. The van der Waals surface area contributed by atoms with Crippen LogP contribution in [0.15, 0.2) is 24.4 Å². The maximum absolute atomic E-state index is 11.6. The molecule has 1 N–H and O–H groups in total. The number of hydrogen-bond acceptors (Lipinski definition) is 9. The van der Waals surface area contributed by atoms with E-state index >= 15 is 0 Å². The van der Waals surface area contributed by atoms with Crippen LogP contribution >= 0.6 is 0 Å². The van der Waals surface area contributed by atoms with Gasteiger partial charge in [0, 0.05) is 44.5 Å². The molecule has 3 heterocycles. The summed E-state index contributed by atoms with van der Waals surface area (Å²) < 4.78 is 42.8. The molecule has 1 unspecified atom stereocenters. The molecule has 0 radical (unpaired) electrons. The number of hydrogen-bond donors (Lipinski definition) is 1. The summed E-state index contributed by atoms with van der Waals surface area (Å²) >= 11 is 0. The summed E-state index contributed by atoms with van der Waals surface area (Å²) in [7, 11) is 5.31. The minimum Gasteiger partial charge on any atom is -0.490 e. The van der Waals surface area contributed by atoms with Crippen molar-refractivity contribution in [1.29, 1.82) is 0 Å². The number of ether oxygens (including phenoxy) is 2. The summed E-state index contributed by atoms with van der Waals surface area (Å²) in [4.78, 5) is 33.5. The van der Waals surface area contributed by atoms with E-state index in [1.807, 2.05) is 25.2 Å². The number of benzene rings is 1. The number of nitrogens with zero attached hydrogens (tertiary/aromatic N) is 5. The molecule has 0 amide bonds. The van der Waals surface area contributed by atoms with Gasteiger partial charge in [-0.3, -0.25) is 15.0 Å². The number of rotatable bonds is 5. The maximum atomic E-state index is 11.6. The summed E-state index contributed by atoms with van der Waals surface area (Å²) in [5.74, 6) is -1.78. The van der Waals surface area contributed by atoms with Crippen LogP contribution in [0.5, 0.6) is 5.75 Å². The third-order valence-corrected chi connectivity index (χ3v) is 5.94. The van der Waals surface area contributed by atoms with Crippen LogP contribution in [0, 0.1) is 10.1 Å². The first-order chi connectivity index (χ1) is 16.9. The number of nitro groups is 1. The molecule has 1 atom stereocenters. The van der Waals surface area contributed by atoms with Gasteiger partial charge >= 0.3 is 17.8 Å². The van der Waals surface area contributed by atoms with Crippen molar-refractivity contribution in [3.63, 3.8) is 0 Å². The SMILES string of the molecule is COc1cccc(CN2CCC3(COCc4cnc(N(C)C)nc43)C2)c1[N+](=O)[O-].O=C(O)C(F)(F)F. The van der Waals surface area contributed by atoms with E-state index in [0.717, 1.165) is 30.8 Å². The van der Waals surface area contributed by atoms with Crippen LogP contribution in [-0.4, -0.2) is 77.9 Å². The number of para-hydroxylation sites is 1. The monoisotopic (exact) mass is 513 g/mol. The van der Waals surface area contributed by atoms with Gasteiger partial charge in [0.05, 0.1) is 36.4 Å². The lowest BCUT2D eigenvalue weighted by molar-refractivity contribution is -0.386. The van der Waals surface area contributed by atoms with Gasteiger partial charge in [0.2, 0.25) is 5.95 Å². The largest absolute Gasteiger partial charge is 0.490 e. The van der Waals surface area contributed by atoms with Gasteiger partial charge in [0.15, 0.2) is 5.75 Å². The second-order valence-corrected chi connectivity index (χ2v) is 8.70. The van der Waals surface area contributed by atoms with Crippen LogP contribution < -0.4 is 9.64 Å². The van der Waals surface area contributed by atoms with Crippen molar-refractivity contribution in [2.24, 2.45) is 0 Å². The zero-order chi connectivity index (χ0) is 26.7. The van der Waals surface area contributed by atoms with Gasteiger partial charge in [-0.05, 0) is 19.0 Å². The third kappa shape index (κ3) is 5.82. The smallest absolute Gasteiger partial charge is 0.490 e. The Hall–Kier alpha value is -3.52. The van der Waals surface area contributed by atoms with Crippen LogP contribution in [0.4, 0.5) is 24.8 Å². The number of methoxy groups -OCH3 is 1. The highest BCUT2D eigenvalue weighted by Crippen LogP contribution is 2.41. The van der Waals surface area contributed by atoms with Gasteiger partial charge in [0.25, 0.3) is 0 Å². The second-order valence-electron chi connectivity index (χ2n) is 8.70. The van der Waals surface area contributed by atoms with Gasteiger partial charge in [-0.1, -0.05) is 12.1 Å². The molecule has 1 aromatic carbocycles. The van der Waals surface area contributed by atoms with E-state index in [-0.39, 0.29) is 21.8 Å². The Morgan fingerprint density at radius 2 is 2.08 bits per heavy atom.